The van der Waals surface area contributed by atoms with Gasteiger partial charge in [0, 0.05) is 18.7 Å². The molecule has 0 radical (unpaired) electrons. The van der Waals surface area contributed by atoms with E-state index < -0.39 is 17.8 Å². The maximum absolute atomic E-state index is 13.2. The Labute approximate surface area is 244 Å². The fourth-order valence-electron chi connectivity index (χ4n) is 5.02. The monoisotopic (exact) mass is 567 g/mol. The summed E-state index contributed by atoms with van der Waals surface area (Å²) in [6, 6.07) is 18.7. The average Bonchev–Trinajstić information content (AvgIpc) is 3.02. The highest BCUT2D eigenvalue weighted by Crippen LogP contribution is 2.31. The summed E-state index contributed by atoms with van der Waals surface area (Å²) in [7, 11) is 1.50. The maximum Gasteiger partial charge on any atom is 0.335 e. The number of methoxy groups -OCH3 is 1. The lowest BCUT2D eigenvalue weighted by atomic mass is 10.1. The Morgan fingerprint density at radius 2 is 1.57 bits per heavy atom. The van der Waals surface area contributed by atoms with Crippen LogP contribution in [0, 0.1) is 0 Å². The maximum atomic E-state index is 13.2. The summed E-state index contributed by atoms with van der Waals surface area (Å²) < 4.78 is 11.5. The molecule has 216 valence electrons. The van der Waals surface area contributed by atoms with Gasteiger partial charge < -0.3 is 14.4 Å². The Bertz CT molecular complexity index is 1520. The molecule has 5 amide bonds. The highest BCUT2D eigenvalue weighted by atomic mass is 16.5. The molecular formula is C33H33N3O6. The van der Waals surface area contributed by atoms with Gasteiger partial charge in [0.1, 0.15) is 12.2 Å². The van der Waals surface area contributed by atoms with Gasteiger partial charge in [-0.25, -0.2) is 9.69 Å². The zero-order chi connectivity index (χ0) is 29.6. The van der Waals surface area contributed by atoms with Crippen molar-refractivity contribution >= 4 is 35.5 Å². The number of imide groups is 2. The van der Waals surface area contributed by atoms with Crippen LogP contribution in [0.25, 0.3) is 6.08 Å². The first-order chi connectivity index (χ1) is 20.4. The molecule has 0 unspecified atom stereocenters. The van der Waals surface area contributed by atoms with Crippen molar-refractivity contribution in [3.8, 4) is 11.5 Å². The number of aryl methyl sites for hydroxylation is 1. The van der Waals surface area contributed by atoms with Crippen molar-refractivity contribution in [3.05, 3.63) is 94.6 Å². The number of hydrogen-bond donors (Lipinski definition) is 1. The van der Waals surface area contributed by atoms with Gasteiger partial charge in [-0.2, -0.15) is 0 Å². The van der Waals surface area contributed by atoms with Crippen LogP contribution in [0.2, 0.25) is 0 Å². The minimum Gasteiger partial charge on any atom is -0.493 e. The Hall–Kier alpha value is -4.92. The van der Waals surface area contributed by atoms with Crippen LogP contribution in [0.1, 0.15) is 53.2 Å². The van der Waals surface area contributed by atoms with Gasteiger partial charge in [-0.05, 0) is 84.8 Å². The van der Waals surface area contributed by atoms with Crippen molar-refractivity contribution in [2.75, 3.05) is 25.1 Å². The first kappa shape index (κ1) is 28.6. The van der Waals surface area contributed by atoms with E-state index in [1.807, 2.05) is 48.2 Å². The van der Waals surface area contributed by atoms with E-state index in [2.05, 4.69) is 5.32 Å². The van der Waals surface area contributed by atoms with Crippen LogP contribution in [0.5, 0.6) is 11.5 Å². The number of benzene rings is 3. The lowest BCUT2D eigenvalue weighted by Crippen LogP contribution is -2.54. The predicted octanol–water partition coefficient (Wildman–Crippen LogP) is 5.13. The number of hydrogen-bond acceptors (Lipinski definition) is 6. The van der Waals surface area contributed by atoms with Gasteiger partial charge in [-0.15, -0.1) is 0 Å². The van der Waals surface area contributed by atoms with E-state index in [9.17, 15) is 19.2 Å². The number of anilines is 1. The van der Waals surface area contributed by atoms with Gasteiger partial charge in [-0.3, -0.25) is 19.7 Å². The SMILES string of the molecule is CCc1ccc(N2C(=O)NC(=O)/C(=C\c3ccc(OCc4ccc(C(=O)N5CCCCC5)cc4)c(OC)c3)C2=O)cc1. The number of rotatable bonds is 8. The molecule has 0 saturated carbocycles. The fourth-order valence-corrected chi connectivity index (χ4v) is 5.02. The second-order valence-electron chi connectivity index (χ2n) is 10.2. The molecular weight excluding hydrogens is 534 g/mol. The zero-order valence-corrected chi connectivity index (χ0v) is 23.7. The number of piperidine rings is 1. The van der Waals surface area contributed by atoms with Crippen molar-refractivity contribution in [2.45, 2.75) is 39.2 Å². The number of amides is 5. The molecule has 2 heterocycles. The van der Waals surface area contributed by atoms with Crippen molar-refractivity contribution in [1.29, 1.82) is 0 Å². The average molecular weight is 568 g/mol. The molecule has 0 aliphatic carbocycles. The van der Waals surface area contributed by atoms with E-state index in [0.717, 1.165) is 48.4 Å². The molecule has 42 heavy (non-hydrogen) atoms. The number of carbonyl (C=O) groups excluding carboxylic acids is 4. The second kappa shape index (κ2) is 12.7. The molecule has 2 saturated heterocycles. The summed E-state index contributed by atoms with van der Waals surface area (Å²) >= 11 is 0. The third kappa shape index (κ3) is 6.20. The van der Waals surface area contributed by atoms with Crippen molar-refractivity contribution < 1.29 is 28.7 Å². The lowest BCUT2D eigenvalue weighted by Gasteiger charge is -2.26. The molecule has 3 aromatic rings. The van der Waals surface area contributed by atoms with E-state index in [0.29, 0.717) is 28.3 Å². The standard InChI is InChI=1S/C33H33N3O6/c1-3-22-9-14-26(15-10-22)36-32(39)27(30(37)34-33(36)40)19-24-11-16-28(29(20-24)41-2)42-21-23-7-12-25(13-8-23)31(38)35-17-5-4-6-18-35/h7-16,19-20H,3-6,17-18,21H2,1-2H3,(H,34,37,40)/b27-19+. The number of carbonyl (C=O) groups is 4. The summed E-state index contributed by atoms with van der Waals surface area (Å²) in [6.45, 7) is 3.87. The van der Waals surface area contributed by atoms with E-state index in [4.69, 9.17) is 9.47 Å². The van der Waals surface area contributed by atoms with Crippen LogP contribution in [-0.4, -0.2) is 48.9 Å². The molecule has 0 aromatic heterocycles. The summed E-state index contributed by atoms with van der Waals surface area (Å²) in [5.41, 5.74) is 3.33. The largest absolute Gasteiger partial charge is 0.493 e. The Morgan fingerprint density at radius 1 is 0.881 bits per heavy atom. The molecule has 9 heteroatoms. The van der Waals surface area contributed by atoms with E-state index in [-0.39, 0.29) is 18.1 Å². The molecule has 2 aliphatic rings. The Morgan fingerprint density at radius 3 is 2.24 bits per heavy atom. The molecule has 0 bridgehead atoms. The summed E-state index contributed by atoms with van der Waals surface area (Å²) in [5, 5.41) is 2.24. The molecule has 3 aromatic carbocycles. The topological polar surface area (TPSA) is 105 Å². The van der Waals surface area contributed by atoms with Crippen molar-refractivity contribution in [2.24, 2.45) is 0 Å². The number of ether oxygens (including phenoxy) is 2. The first-order valence-electron chi connectivity index (χ1n) is 14.1. The van der Waals surface area contributed by atoms with Gasteiger partial charge in [0.2, 0.25) is 0 Å². The minimum absolute atomic E-state index is 0.0561. The highest BCUT2D eigenvalue weighted by Gasteiger charge is 2.36. The summed E-state index contributed by atoms with van der Waals surface area (Å²) in [5.74, 6) is -0.545. The van der Waals surface area contributed by atoms with Crippen molar-refractivity contribution in [1.82, 2.24) is 10.2 Å². The first-order valence-corrected chi connectivity index (χ1v) is 14.1. The van der Waals surface area contributed by atoms with Crippen LogP contribution in [0.15, 0.2) is 72.3 Å². The normalized spacial score (nSPS) is 16.4. The van der Waals surface area contributed by atoms with Crippen LogP contribution in [0.3, 0.4) is 0 Å². The number of likely N-dealkylation sites (tertiary alicyclic amines) is 1. The van der Waals surface area contributed by atoms with Gasteiger partial charge >= 0.3 is 6.03 Å². The summed E-state index contributed by atoms with van der Waals surface area (Å²) in [4.78, 5) is 53.9. The fraction of sp³-hybridized carbons (Fsp3) is 0.273. The van der Waals surface area contributed by atoms with E-state index in [1.54, 1.807) is 30.3 Å². The predicted molar refractivity (Wildman–Crippen MR) is 158 cm³/mol. The number of urea groups is 1. The number of nitrogens with zero attached hydrogens (tertiary/aromatic N) is 2. The third-order valence-electron chi connectivity index (χ3n) is 7.44. The second-order valence-corrected chi connectivity index (χ2v) is 10.2. The Balaban J connectivity index is 1.28. The van der Waals surface area contributed by atoms with Gasteiger partial charge in [-0.1, -0.05) is 37.3 Å². The smallest absolute Gasteiger partial charge is 0.335 e. The number of nitrogens with one attached hydrogen (secondary N) is 1. The van der Waals surface area contributed by atoms with Crippen LogP contribution in [-0.2, 0) is 22.6 Å². The highest BCUT2D eigenvalue weighted by molar-refractivity contribution is 6.39. The van der Waals surface area contributed by atoms with Crippen LogP contribution < -0.4 is 19.7 Å². The van der Waals surface area contributed by atoms with Crippen molar-refractivity contribution in [3.63, 3.8) is 0 Å². The lowest BCUT2D eigenvalue weighted by molar-refractivity contribution is -0.122. The molecule has 1 N–H and O–H groups in total. The quantitative estimate of drug-likeness (QED) is 0.299. The summed E-state index contributed by atoms with van der Waals surface area (Å²) in [6.07, 6.45) is 5.50. The van der Waals surface area contributed by atoms with E-state index in [1.165, 1.54) is 19.6 Å². The van der Waals surface area contributed by atoms with E-state index >= 15 is 0 Å². The van der Waals surface area contributed by atoms with Gasteiger partial charge in [0.15, 0.2) is 11.5 Å². The molecule has 2 aliphatic heterocycles. The number of barbiturate groups is 1. The van der Waals surface area contributed by atoms with Crippen LogP contribution >= 0.6 is 0 Å². The Kier molecular flexibility index (Phi) is 8.66. The molecule has 5 rings (SSSR count). The molecule has 9 nitrogen and oxygen atoms in total. The van der Waals surface area contributed by atoms with Gasteiger partial charge in [0.05, 0.1) is 12.8 Å². The molecule has 0 spiro atoms. The van der Waals surface area contributed by atoms with Gasteiger partial charge in [0.25, 0.3) is 17.7 Å². The third-order valence-corrected chi connectivity index (χ3v) is 7.44. The minimum atomic E-state index is -0.795. The van der Waals surface area contributed by atoms with Crippen LogP contribution in [0.4, 0.5) is 10.5 Å². The zero-order valence-electron chi connectivity index (χ0n) is 23.7. The molecule has 0 atom stereocenters. The molecule has 2 fully saturated rings.